The number of amides is 1. The summed E-state index contributed by atoms with van der Waals surface area (Å²) in [4.78, 5) is 31.4. The standard InChI is InChI=1S/C22H18N8OS/c1-30-8-6-17(29-30)19-18(14-4-5-16-13(9-14)3-2-7-25-16)27-20(21(23)28-19)22(31)26-11-15-10-24-12-32-15/h2-10,12H,11H2,1H3,(H2,23,28)(H,26,31). The summed E-state index contributed by atoms with van der Waals surface area (Å²) < 4.78 is 1.68. The molecule has 158 valence electrons. The van der Waals surface area contributed by atoms with Gasteiger partial charge in [-0.1, -0.05) is 12.1 Å². The third-order valence-electron chi connectivity index (χ3n) is 4.88. The van der Waals surface area contributed by atoms with Crippen molar-refractivity contribution >= 4 is 34.0 Å². The number of rotatable bonds is 5. The Kier molecular flexibility index (Phi) is 5.04. The van der Waals surface area contributed by atoms with Gasteiger partial charge < -0.3 is 11.1 Å². The molecule has 1 amide bonds. The molecule has 0 atom stereocenters. The predicted molar refractivity (Wildman–Crippen MR) is 123 cm³/mol. The van der Waals surface area contributed by atoms with E-state index in [2.05, 4.69) is 30.4 Å². The molecule has 0 unspecified atom stereocenters. The zero-order chi connectivity index (χ0) is 22.1. The number of pyridine rings is 1. The summed E-state index contributed by atoms with van der Waals surface area (Å²) in [5.74, 6) is -0.363. The molecule has 0 spiro atoms. The van der Waals surface area contributed by atoms with Gasteiger partial charge in [-0.3, -0.25) is 19.4 Å². The zero-order valence-corrected chi connectivity index (χ0v) is 17.9. The Morgan fingerprint density at radius 2 is 2.09 bits per heavy atom. The summed E-state index contributed by atoms with van der Waals surface area (Å²) in [5, 5.41) is 8.24. The smallest absolute Gasteiger partial charge is 0.274 e. The minimum absolute atomic E-state index is 0.0404. The summed E-state index contributed by atoms with van der Waals surface area (Å²) in [6.45, 7) is 0.337. The van der Waals surface area contributed by atoms with Crippen LogP contribution in [0.2, 0.25) is 0 Å². The number of thiazole rings is 1. The van der Waals surface area contributed by atoms with Gasteiger partial charge in [-0.15, -0.1) is 11.3 Å². The fraction of sp³-hybridized carbons (Fsp3) is 0.0909. The van der Waals surface area contributed by atoms with Crippen LogP contribution in [-0.4, -0.2) is 35.6 Å². The van der Waals surface area contributed by atoms with Crippen molar-refractivity contribution < 1.29 is 4.79 Å². The van der Waals surface area contributed by atoms with Crippen molar-refractivity contribution in [2.75, 3.05) is 5.73 Å². The molecule has 0 bridgehead atoms. The molecule has 32 heavy (non-hydrogen) atoms. The van der Waals surface area contributed by atoms with Crippen LogP contribution in [0.5, 0.6) is 0 Å². The van der Waals surface area contributed by atoms with Gasteiger partial charge in [0.1, 0.15) is 11.4 Å². The molecule has 10 heteroatoms. The third-order valence-corrected chi connectivity index (χ3v) is 5.66. The fourth-order valence-electron chi connectivity index (χ4n) is 3.34. The van der Waals surface area contributed by atoms with E-state index >= 15 is 0 Å². The number of anilines is 1. The molecule has 0 aliphatic heterocycles. The van der Waals surface area contributed by atoms with Crippen molar-refractivity contribution in [2.45, 2.75) is 6.54 Å². The molecule has 0 aliphatic carbocycles. The van der Waals surface area contributed by atoms with E-state index in [0.29, 0.717) is 23.6 Å². The van der Waals surface area contributed by atoms with E-state index in [1.54, 1.807) is 22.6 Å². The van der Waals surface area contributed by atoms with Crippen LogP contribution in [-0.2, 0) is 13.6 Å². The van der Waals surface area contributed by atoms with Crippen molar-refractivity contribution in [3.63, 3.8) is 0 Å². The molecule has 4 heterocycles. The first-order chi connectivity index (χ1) is 15.6. The molecule has 0 saturated heterocycles. The summed E-state index contributed by atoms with van der Waals surface area (Å²) >= 11 is 1.46. The molecule has 0 fully saturated rings. The number of nitrogens with one attached hydrogen (secondary N) is 1. The van der Waals surface area contributed by atoms with Gasteiger partial charge in [0.05, 0.1) is 23.3 Å². The van der Waals surface area contributed by atoms with Crippen LogP contribution in [0, 0.1) is 0 Å². The summed E-state index contributed by atoms with van der Waals surface area (Å²) in [5.41, 5.74) is 11.2. The number of benzene rings is 1. The highest BCUT2D eigenvalue weighted by molar-refractivity contribution is 7.09. The van der Waals surface area contributed by atoms with E-state index in [0.717, 1.165) is 21.3 Å². The van der Waals surface area contributed by atoms with Gasteiger partial charge in [-0.05, 0) is 24.3 Å². The number of aryl methyl sites for hydroxylation is 1. The lowest BCUT2D eigenvalue weighted by Gasteiger charge is -2.12. The van der Waals surface area contributed by atoms with E-state index in [1.165, 1.54) is 11.3 Å². The number of aromatic nitrogens is 6. The fourth-order valence-corrected chi connectivity index (χ4v) is 3.87. The summed E-state index contributed by atoms with van der Waals surface area (Å²) in [6.07, 6.45) is 5.27. The molecule has 0 radical (unpaired) electrons. The molecule has 3 N–H and O–H groups in total. The van der Waals surface area contributed by atoms with Crippen molar-refractivity contribution in [3.8, 4) is 22.6 Å². The van der Waals surface area contributed by atoms with E-state index < -0.39 is 5.91 Å². The van der Waals surface area contributed by atoms with Crippen LogP contribution in [0.25, 0.3) is 33.5 Å². The second-order valence-electron chi connectivity index (χ2n) is 7.09. The molecular formula is C22H18N8OS. The Morgan fingerprint density at radius 3 is 2.88 bits per heavy atom. The normalized spacial score (nSPS) is 11.0. The van der Waals surface area contributed by atoms with Crippen molar-refractivity contribution in [3.05, 3.63) is 71.1 Å². The molecule has 5 rings (SSSR count). The number of carbonyl (C=O) groups is 1. The van der Waals surface area contributed by atoms with Gasteiger partial charge in [0, 0.05) is 41.5 Å². The quantitative estimate of drug-likeness (QED) is 0.428. The maximum Gasteiger partial charge on any atom is 0.274 e. The first kappa shape index (κ1) is 19.8. The maximum absolute atomic E-state index is 12.9. The lowest BCUT2D eigenvalue weighted by molar-refractivity contribution is 0.0947. The Labute approximate surface area is 187 Å². The van der Waals surface area contributed by atoms with Crippen LogP contribution in [0.15, 0.2) is 60.5 Å². The summed E-state index contributed by atoms with van der Waals surface area (Å²) in [6, 6.07) is 11.5. The van der Waals surface area contributed by atoms with Crippen molar-refractivity contribution in [1.82, 2.24) is 35.0 Å². The first-order valence-electron chi connectivity index (χ1n) is 9.77. The van der Waals surface area contributed by atoms with Gasteiger partial charge in [0.15, 0.2) is 11.5 Å². The molecule has 9 nitrogen and oxygen atoms in total. The van der Waals surface area contributed by atoms with Gasteiger partial charge in [0.25, 0.3) is 5.91 Å². The monoisotopic (exact) mass is 442 g/mol. The third kappa shape index (κ3) is 3.79. The van der Waals surface area contributed by atoms with E-state index in [4.69, 9.17) is 5.73 Å². The lowest BCUT2D eigenvalue weighted by atomic mass is 10.0. The Bertz CT molecular complexity index is 1430. The highest BCUT2D eigenvalue weighted by Gasteiger charge is 2.21. The number of hydrogen-bond acceptors (Lipinski definition) is 8. The van der Waals surface area contributed by atoms with E-state index in [-0.39, 0.29) is 11.5 Å². The van der Waals surface area contributed by atoms with Gasteiger partial charge >= 0.3 is 0 Å². The van der Waals surface area contributed by atoms with Crippen LogP contribution in [0.1, 0.15) is 15.4 Å². The van der Waals surface area contributed by atoms with Gasteiger partial charge in [-0.25, -0.2) is 9.97 Å². The lowest BCUT2D eigenvalue weighted by Crippen LogP contribution is -2.25. The average Bonchev–Trinajstić information content (AvgIpc) is 3.49. The Hall–Kier alpha value is -4.18. The first-order valence-corrected chi connectivity index (χ1v) is 10.6. The molecular weight excluding hydrogens is 424 g/mol. The van der Waals surface area contributed by atoms with Gasteiger partial charge in [0.2, 0.25) is 0 Å². The Balaban J connectivity index is 1.61. The van der Waals surface area contributed by atoms with E-state index in [9.17, 15) is 4.79 Å². The molecule has 5 aromatic rings. The minimum atomic E-state index is -0.403. The average molecular weight is 443 g/mol. The predicted octanol–water partition coefficient (Wildman–Crippen LogP) is 3.06. The zero-order valence-electron chi connectivity index (χ0n) is 17.1. The summed E-state index contributed by atoms with van der Waals surface area (Å²) in [7, 11) is 1.82. The van der Waals surface area contributed by atoms with Crippen LogP contribution >= 0.6 is 11.3 Å². The van der Waals surface area contributed by atoms with Crippen LogP contribution in [0.3, 0.4) is 0 Å². The number of nitrogens with zero attached hydrogens (tertiary/aromatic N) is 6. The Morgan fingerprint density at radius 1 is 1.19 bits per heavy atom. The number of nitrogens with two attached hydrogens (primary N) is 1. The van der Waals surface area contributed by atoms with Crippen molar-refractivity contribution in [2.24, 2.45) is 7.05 Å². The number of fused-ring (bicyclic) bond motifs is 1. The van der Waals surface area contributed by atoms with Crippen LogP contribution < -0.4 is 11.1 Å². The van der Waals surface area contributed by atoms with Crippen molar-refractivity contribution in [1.29, 1.82) is 0 Å². The molecule has 0 aliphatic rings. The second-order valence-corrected chi connectivity index (χ2v) is 8.06. The highest BCUT2D eigenvalue weighted by atomic mass is 32.1. The topological polar surface area (TPSA) is 124 Å². The number of carbonyl (C=O) groups excluding carboxylic acids is 1. The maximum atomic E-state index is 12.9. The van der Waals surface area contributed by atoms with Gasteiger partial charge in [-0.2, -0.15) is 5.10 Å². The number of hydrogen-bond donors (Lipinski definition) is 2. The second kappa shape index (κ2) is 8.16. The highest BCUT2D eigenvalue weighted by Crippen LogP contribution is 2.31. The molecule has 0 saturated carbocycles. The number of nitrogen functional groups attached to an aromatic ring is 1. The SMILES string of the molecule is Cn1ccc(-c2nc(N)c(C(=O)NCc3cncs3)nc2-c2ccc3ncccc3c2)n1. The van der Waals surface area contributed by atoms with E-state index in [1.807, 2.05) is 49.6 Å². The minimum Gasteiger partial charge on any atom is -0.382 e. The molecule has 1 aromatic carbocycles. The molecule has 4 aromatic heterocycles. The van der Waals surface area contributed by atoms with Crippen LogP contribution in [0.4, 0.5) is 5.82 Å². The largest absolute Gasteiger partial charge is 0.382 e.